The van der Waals surface area contributed by atoms with Crippen LogP contribution in [0.3, 0.4) is 0 Å². The van der Waals surface area contributed by atoms with Gasteiger partial charge in [-0.3, -0.25) is 9.59 Å². The molecule has 13 heavy (non-hydrogen) atoms. The Kier molecular flexibility index (Phi) is 3.70. The second kappa shape index (κ2) is 4.81. The largest absolute Gasteiger partial charge is 0.468 e. The SMILES string of the molecule is COC(=O)CNCC1CCC(=O)N1. The van der Waals surface area contributed by atoms with E-state index in [0.717, 1.165) is 6.42 Å². The molecule has 0 bridgehead atoms. The van der Waals surface area contributed by atoms with Crippen LogP contribution in [0.1, 0.15) is 12.8 Å². The summed E-state index contributed by atoms with van der Waals surface area (Å²) in [5.74, 6) is -0.200. The Bertz CT molecular complexity index is 206. The molecule has 1 aliphatic heterocycles. The maximum atomic E-state index is 10.8. The lowest BCUT2D eigenvalue weighted by atomic mass is 10.2. The lowest BCUT2D eigenvalue weighted by molar-refractivity contribution is -0.139. The van der Waals surface area contributed by atoms with E-state index in [9.17, 15) is 9.59 Å². The molecule has 0 aromatic rings. The number of hydrogen-bond acceptors (Lipinski definition) is 4. The molecule has 0 aliphatic carbocycles. The van der Waals surface area contributed by atoms with E-state index in [2.05, 4.69) is 15.4 Å². The molecule has 0 radical (unpaired) electrons. The van der Waals surface area contributed by atoms with Gasteiger partial charge in [0, 0.05) is 19.0 Å². The van der Waals surface area contributed by atoms with Crippen LogP contribution in [0.5, 0.6) is 0 Å². The molecular formula is C8H14N2O3. The van der Waals surface area contributed by atoms with Crippen molar-refractivity contribution in [3.63, 3.8) is 0 Å². The van der Waals surface area contributed by atoms with E-state index in [-0.39, 0.29) is 24.5 Å². The van der Waals surface area contributed by atoms with Gasteiger partial charge in [-0.15, -0.1) is 0 Å². The second-order valence-electron chi connectivity index (χ2n) is 3.01. The summed E-state index contributed by atoms with van der Waals surface area (Å²) < 4.78 is 4.45. The van der Waals surface area contributed by atoms with Gasteiger partial charge in [-0.05, 0) is 6.42 Å². The smallest absolute Gasteiger partial charge is 0.319 e. The predicted molar refractivity (Wildman–Crippen MR) is 46.1 cm³/mol. The van der Waals surface area contributed by atoms with Gasteiger partial charge in [0.25, 0.3) is 0 Å². The van der Waals surface area contributed by atoms with E-state index < -0.39 is 0 Å². The number of carbonyl (C=O) groups is 2. The van der Waals surface area contributed by atoms with Crippen LogP contribution in [0.25, 0.3) is 0 Å². The van der Waals surface area contributed by atoms with E-state index in [0.29, 0.717) is 13.0 Å². The van der Waals surface area contributed by atoms with Crippen LogP contribution in [0.4, 0.5) is 0 Å². The molecule has 1 heterocycles. The summed E-state index contributed by atoms with van der Waals surface area (Å²) in [5, 5.41) is 5.70. The van der Waals surface area contributed by atoms with Crippen molar-refractivity contribution in [1.29, 1.82) is 0 Å². The average Bonchev–Trinajstić information content (AvgIpc) is 2.51. The summed E-state index contributed by atoms with van der Waals surface area (Å²) >= 11 is 0. The van der Waals surface area contributed by atoms with Crippen molar-refractivity contribution in [1.82, 2.24) is 10.6 Å². The molecule has 5 nitrogen and oxygen atoms in total. The van der Waals surface area contributed by atoms with Crippen molar-refractivity contribution >= 4 is 11.9 Å². The Labute approximate surface area is 76.8 Å². The Morgan fingerprint density at radius 2 is 2.54 bits per heavy atom. The molecule has 1 atom stereocenters. The molecule has 0 aromatic carbocycles. The molecule has 2 N–H and O–H groups in total. The molecule has 1 amide bonds. The highest BCUT2D eigenvalue weighted by Gasteiger charge is 2.19. The first-order chi connectivity index (χ1) is 6.22. The van der Waals surface area contributed by atoms with E-state index in [1.54, 1.807) is 0 Å². The minimum atomic E-state index is -0.288. The first-order valence-electron chi connectivity index (χ1n) is 4.29. The molecule has 1 rings (SSSR count). The van der Waals surface area contributed by atoms with Crippen LogP contribution in [-0.4, -0.2) is 38.1 Å². The number of rotatable bonds is 4. The molecule has 1 saturated heterocycles. The zero-order valence-corrected chi connectivity index (χ0v) is 7.63. The topological polar surface area (TPSA) is 67.4 Å². The summed E-state index contributed by atoms with van der Waals surface area (Å²) in [6, 6.07) is 0.164. The number of hydrogen-bond donors (Lipinski definition) is 2. The fourth-order valence-corrected chi connectivity index (χ4v) is 1.25. The summed E-state index contributed by atoms with van der Waals surface area (Å²) in [6.45, 7) is 0.823. The third kappa shape index (κ3) is 3.42. The first-order valence-corrected chi connectivity index (χ1v) is 4.29. The maximum Gasteiger partial charge on any atom is 0.319 e. The van der Waals surface area contributed by atoms with Gasteiger partial charge >= 0.3 is 5.97 Å². The van der Waals surface area contributed by atoms with Gasteiger partial charge in [0.15, 0.2) is 0 Å². The zero-order valence-electron chi connectivity index (χ0n) is 7.63. The summed E-state index contributed by atoms with van der Waals surface area (Å²) in [7, 11) is 1.35. The lowest BCUT2D eigenvalue weighted by Crippen LogP contribution is -2.37. The highest BCUT2D eigenvalue weighted by Crippen LogP contribution is 2.04. The van der Waals surface area contributed by atoms with Crippen LogP contribution < -0.4 is 10.6 Å². The molecular weight excluding hydrogens is 172 g/mol. The Hall–Kier alpha value is -1.10. The van der Waals surface area contributed by atoms with Gasteiger partial charge in [0.1, 0.15) is 0 Å². The Morgan fingerprint density at radius 3 is 3.08 bits per heavy atom. The number of methoxy groups -OCH3 is 1. The van der Waals surface area contributed by atoms with E-state index in [4.69, 9.17) is 0 Å². The van der Waals surface area contributed by atoms with Gasteiger partial charge in [-0.25, -0.2) is 0 Å². The molecule has 1 fully saturated rings. The fourth-order valence-electron chi connectivity index (χ4n) is 1.25. The molecule has 5 heteroatoms. The van der Waals surface area contributed by atoms with Gasteiger partial charge < -0.3 is 15.4 Å². The van der Waals surface area contributed by atoms with Crippen LogP contribution in [-0.2, 0) is 14.3 Å². The van der Waals surface area contributed by atoms with Crippen molar-refractivity contribution in [3.05, 3.63) is 0 Å². The van der Waals surface area contributed by atoms with Crippen LogP contribution in [0.15, 0.2) is 0 Å². The van der Waals surface area contributed by atoms with Crippen molar-refractivity contribution in [3.8, 4) is 0 Å². The average molecular weight is 186 g/mol. The molecule has 0 saturated carbocycles. The van der Waals surface area contributed by atoms with Crippen molar-refractivity contribution in [2.24, 2.45) is 0 Å². The molecule has 1 unspecified atom stereocenters. The van der Waals surface area contributed by atoms with Gasteiger partial charge in [-0.1, -0.05) is 0 Å². The molecule has 0 aromatic heterocycles. The highest BCUT2D eigenvalue weighted by atomic mass is 16.5. The zero-order chi connectivity index (χ0) is 9.68. The number of amides is 1. The van der Waals surface area contributed by atoms with Gasteiger partial charge in [0.05, 0.1) is 13.7 Å². The van der Waals surface area contributed by atoms with E-state index >= 15 is 0 Å². The molecule has 1 aliphatic rings. The Balaban J connectivity index is 2.06. The fraction of sp³-hybridized carbons (Fsp3) is 0.750. The Morgan fingerprint density at radius 1 is 1.77 bits per heavy atom. The number of ether oxygens (including phenoxy) is 1. The van der Waals surface area contributed by atoms with Gasteiger partial charge in [0.2, 0.25) is 5.91 Å². The standard InChI is InChI=1S/C8H14N2O3/c1-13-8(12)5-9-4-6-2-3-7(11)10-6/h6,9H,2-5H2,1H3,(H,10,11). The number of carbonyl (C=O) groups excluding carboxylic acids is 2. The summed E-state index contributed by atoms with van der Waals surface area (Å²) in [4.78, 5) is 21.5. The second-order valence-corrected chi connectivity index (χ2v) is 3.01. The maximum absolute atomic E-state index is 10.8. The number of nitrogens with one attached hydrogen (secondary N) is 2. The van der Waals surface area contributed by atoms with Crippen molar-refractivity contribution < 1.29 is 14.3 Å². The van der Waals surface area contributed by atoms with E-state index in [1.807, 2.05) is 0 Å². The minimum Gasteiger partial charge on any atom is -0.468 e. The van der Waals surface area contributed by atoms with Crippen LogP contribution >= 0.6 is 0 Å². The van der Waals surface area contributed by atoms with Gasteiger partial charge in [-0.2, -0.15) is 0 Å². The predicted octanol–water partition coefficient (Wildman–Crippen LogP) is -0.972. The van der Waals surface area contributed by atoms with E-state index in [1.165, 1.54) is 7.11 Å². The highest BCUT2D eigenvalue weighted by molar-refractivity contribution is 5.78. The number of esters is 1. The minimum absolute atomic E-state index is 0.0878. The lowest BCUT2D eigenvalue weighted by Gasteiger charge is -2.09. The van der Waals surface area contributed by atoms with Crippen molar-refractivity contribution in [2.45, 2.75) is 18.9 Å². The normalized spacial score (nSPS) is 21.3. The summed E-state index contributed by atoms with van der Waals surface area (Å²) in [5.41, 5.74) is 0. The van der Waals surface area contributed by atoms with Crippen LogP contribution in [0, 0.1) is 0 Å². The third-order valence-corrected chi connectivity index (χ3v) is 1.97. The third-order valence-electron chi connectivity index (χ3n) is 1.97. The quantitative estimate of drug-likeness (QED) is 0.554. The van der Waals surface area contributed by atoms with Crippen LogP contribution in [0.2, 0.25) is 0 Å². The first kappa shape index (κ1) is 9.98. The molecule has 74 valence electrons. The molecule has 0 spiro atoms. The summed E-state index contributed by atoms with van der Waals surface area (Å²) in [6.07, 6.45) is 1.43. The monoisotopic (exact) mass is 186 g/mol. The van der Waals surface area contributed by atoms with Crippen molar-refractivity contribution in [2.75, 3.05) is 20.2 Å².